The van der Waals surface area contributed by atoms with Gasteiger partial charge in [-0.15, -0.1) is 10.2 Å². The fourth-order valence-corrected chi connectivity index (χ4v) is 4.43. The van der Waals surface area contributed by atoms with Gasteiger partial charge in [0, 0.05) is 5.56 Å². The first kappa shape index (κ1) is 18.4. The van der Waals surface area contributed by atoms with E-state index in [2.05, 4.69) is 14.9 Å². The van der Waals surface area contributed by atoms with Crippen LogP contribution in [0.25, 0.3) is 10.6 Å². The molecular formula is C16H14ClN3O4S2. The molecule has 3 rings (SSSR count). The number of benzene rings is 2. The molecule has 0 atom stereocenters. The van der Waals surface area contributed by atoms with E-state index in [1.807, 2.05) is 12.1 Å². The molecule has 136 valence electrons. The number of ether oxygens (including phenoxy) is 2. The first-order chi connectivity index (χ1) is 12.4. The molecule has 1 N–H and O–H groups in total. The Morgan fingerprint density at radius 3 is 2.38 bits per heavy atom. The number of methoxy groups -OCH3 is 2. The summed E-state index contributed by atoms with van der Waals surface area (Å²) < 4.78 is 37.5. The van der Waals surface area contributed by atoms with Crippen LogP contribution in [0.15, 0.2) is 47.4 Å². The quantitative estimate of drug-likeness (QED) is 0.665. The number of hydrogen-bond acceptors (Lipinski definition) is 7. The van der Waals surface area contributed by atoms with Crippen LogP contribution in [0, 0.1) is 0 Å². The Hall–Kier alpha value is -2.36. The van der Waals surface area contributed by atoms with Gasteiger partial charge in [-0.05, 0) is 42.5 Å². The van der Waals surface area contributed by atoms with Crippen LogP contribution >= 0.6 is 22.9 Å². The molecule has 26 heavy (non-hydrogen) atoms. The van der Waals surface area contributed by atoms with Gasteiger partial charge in [0.05, 0.1) is 24.1 Å². The highest BCUT2D eigenvalue weighted by atomic mass is 35.5. The molecule has 0 aliphatic heterocycles. The number of aromatic nitrogens is 2. The second kappa shape index (κ2) is 7.48. The maximum Gasteiger partial charge on any atom is 0.263 e. The molecule has 0 fully saturated rings. The minimum Gasteiger partial charge on any atom is -0.497 e. The number of hydrogen-bond donors (Lipinski definition) is 1. The molecule has 0 spiro atoms. The average molecular weight is 412 g/mol. The van der Waals surface area contributed by atoms with Crippen LogP contribution in [0.2, 0.25) is 5.02 Å². The molecule has 0 unspecified atom stereocenters. The molecular weight excluding hydrogens is 398 g/mol. The number of anilines is 1. The number of rotatable bonds is 6. The first-order valence-electron chi connectivity index (χ1n) is 7.27. The molecule has 10 heteroatoms. The van der Waals surface area contributed by atoms with Crippen LogP contribution in [0.3, 0.4) is 0 Å². The van der Waals surface area contributed by atoms with Crippen LogP contribution in [-0.2, 0) is 10.0 Å². The lowest BCUT2D eigenvalue weighted by molar-refractivity contribution is 0.414. The van der Waals surface area contributed by atoms with Gasteiger partial charge in [0.1, 0.15) is 16.5 Å². The lowest BCUT2D eigenvalue weighted by atomic mass is 10.2. The Kier molecular flexibility index (Phi) is 5.30. The SMILES string of the molecule is COc1ccc(-c2nnc(NS(=O)(=O)c3ccc(OC)c(Cl)c3)s2)cc1. The number of nitrogens with one attached hydrogen (secondary N) is 1. The van der Waals surface area contributed by atoms with Gasteiger partial charge in [-0.3, -0.25) is 4.72 Å². The van der Waals surface area contributed by atoms with Crippen molar-refractivity contribution in [3.05, 3.63) is 47.5 Å². The van der Waals surface area contributed by atoms with Crippen molar-refractivity contribution >= 4 is 38.1 Å². The molecule has 0 bridgehead atoms. The fraction of sp³-hybridized carbons (Fsp3) is 0.125. The summed E-state index contributed by atoms with van der Waals surface area (Å²) in [5.74, 6) is 1.11. The molecule has 0 aliphatic carbocycles. The molecule has 1 aromatic heterocycles. The van der Waals surface area contributed by atoms with Gasteiger partial charge in [-0.25, -0.2) is 8.42 Å². The van der Waals surface area contributed by atoms with Crippen LogP contribution in [0.1, 0.15) is 0 Å². The zero-order valence-corrected chi connectivity index (χ0v) is 16.2. The molecule has 0 amide bonds. The largest absolute Gasteiger partial charge is 0.497 e. The lowest BCUT2D eigenvalue weighted by Gasteiger charge is -2.07. The monoisotopic (exact) mass is 411 g/mol. The summed E-state index contributed by atoms with van der Waals surface area (Å²) in [6.45, 7) is 0. The van der Waals surface area contributed by atoms with Gasteiger partial charge in [-0.2, -0.15) is 0 Å². The molecule has 0 radical (unpaired) electrons. The summed E-state index contributed by atoms with van der Waals surface area (Å²) in [6, 6.07) is 11.4. The smallest absolute Gasteiger partial charge is 0.263 e. The van der Waals surface area contributed by atoms with Gasteiger partial charge < -0.3 is 9.47 Å². The van der Waals surface area contributed by atoms with Crippen molar-refractivity contribution in [2.24, 2.45) is 0 Å². The van der Waals surface area contributed by atoms with Crippen LogP contribution in [0.4, 0.5) is 5.13 Å². The van der Waals surface area contributed by atoms with Gasteiger partial charge in [-0.1, -0.05) is 22.9 Å². The van der Waals surface area contributed by atoms with E-state index < -0.39 is 10.0 Å². The normalized spacial score (nSPS) is 11.2. The Balaban J connectivity index is 1.82. The summed E-state index contributed by atoms with van der Waals surface area (Å²) in [5.41, 5.74) is 0.807. The molecule has 3 aromatic rings. The average Bonchev–Trinajstić information content (AvgIpc) is 3.09. The Morgan fingerprint density at radius 2 is 1.77 bits per heavy atom. The van der Waals surface area contributed by atoms with E-state index in [9.17, 15) is 8.42 Å². The molecule has 0 saturated heterocycles. The Morgan fingerprint density at radius 1 is 1.04 bits per heavy atom. The summed E-state index contributed by atoms with van der Waals surface area (Å²) in [6.07, 6.45) is 0. The highest BCUT2D eigenvalue weighted by Crippen LogP contribution is 2.31. The van der Waals surface area contributed by atoms with Gasteiger partial charge in [0.25, 0.3) is 10.0 Å². The van der Waals surface area contributed by atoms with Crippen molar-refractivity contribution in [3.63, 3.8) is 0 Å². The second-order valence-corrected chi connectivity index (χ2v) is 8.11. The summed E-state index contributed by atoms with van der Waals surface area (Å²) in [7, 11) is -0.807. The third-order valence-electron chi connectivity index (χ3n) is 3.42. The van der Waals surface area contributed by atoms with Crippen molar-refractivity contribution in [1.29, 1.82) is 0 Å². The van der Waals surface area contributed by atoms with Crippen molar-refractivity contribution < 1.29 is 17.9 Å². The predicted molar refractivity (Wildman–Crippen MR) is 101 cm³/mol. The van der Waals surface area contributed by atoms with Crippen LogP contribution in [0.5, 0.6) is 11.5 Å². The van der Waals surface area contributed by atoms with E-state index in [0.717, 1.165) is 22.6 Å². The first-order valence-corrected chi connectivity index (χ1v) is 9.95. The van der Waals surface area contributed by atoms with E-state index in [-0.39, 0.29) is 15.0 Å². The standard InChI is InChI=1S/C16H14ClN3O4S2/c1-23-11-5-3-10(4-6-11)15-18-19-16(25-15)20-26(21,22)12-7-8-14(24-2)13(17)9-12/h3-9H,1-2H3,(H,19,20). The van der Waals surface area contributed by atoms with Gasteiger partial charge >= 0.3 is 0 Å². The van der Waals surface area contributed by atoms with E-state index >= 15 is 0 Å². The zero-order valence-electron chi connectivity index (χ0n) is 13.8. The maximum absolute atomic E-state index is 12.5. The highest BCUT2D eigenvalue weighted by Gasteiger charge is 2.19. The summed E-state index contributed by atoms with van der Waals surface area (Å²) >= 11 is 7.12. The van der Waals surface area contributed by atoms with E-state index in [1.54, 1.807) is 19.2 Å². The van der Waals surface area contributed by atoms with Crippen molar-refractivity contribution in [1.82, 2.24) is 10.2 Å². The predicted octanol–water partition coefficient (Wildman–Crippen LogP) is 3.68. The number of halogens is 1. The van der Waals surface area contributed by atoms with Gasteiger partial charge in [0.15, 0.2) is 0 Å². The topological polar surface area (TPSA) is 90.4 Å². The fourth-order valence-electron chi connectivity index (χ4n) is 2.10. The minimum absolute atomic E-state index is 0.00416. The van der Waals surface area contributed by atoms with E-state index in [0.29, 0.717) is 10.8 Å². The van der Waals surface area contributed by atoms with Crippen LogP contribution in [-0.4, -0.2) is 32.8 Å². The summed E-state index contributed by atoms with van der Waals surface area (Å²) in [4.78, 5) is 0.00416. The van der Waals surface area contributed by atoms with Crippen LogP contribution < -0.4 is 14.2 Å². The third kappa shape index (κ3) is 3.90. The minimum atomic E-state index is -3.84. The molecule has 0 aliphatic rings. The maximum atomic E-state index is 12.5. The Bertz CT molecular complexity index is 1020. The molecule has 2 aromatic carbocycles. The Labute approximate surface area is 159 Å². The zero-order chi connectivity index (χ0) is 18.7. The number of nitrogens with zero attached hydrogens (tertiary/aromatic N) is 2. The molecule has 0 saturated carbocycles. The van der Waals surface area contributed by atoms with E-state index in [4.69, 9.17) is 21.1 Å². The van der Waals surface area contributed by atoms with Crippen molar-refractivity contribution in [2.45, 2.75) is 4.90 Å². The van der Waals surface area contributed by atoms with Gasteiger partial charge in [0.2, 0.25) is 5.13 Å². The number of sulfonamides is 1. The third-order valence-corrected chi connectivity index (χ3v) is 6.07. The summed E-state index contributed by atoms with van der Waals surface area (Å²) in [5, 5.41) is 8.85. The van der Waals surface area contributed by atoms with E-state index in [1.165, 1.54) is 25.3 Å². The molecule has 1 heterocycles. The second-order valence-electron chi connectivity index (χ2n) is 5.04. The molecule has 7 nitrogen and oxygen atoms in total. The van der Waals surface area contributed by atoms with Crippen molar-refractivity contribution in [2.75, 3.05) is 18.9 Å². The lowest BCUT2D eigenvalue weighted by Crippen LogP contribution is -2.12. The van der Waals surface area contributed by atoms with Crippen molar-refractivity contribution in [3.8, 4) is 22.1 Å². The highest BCUT2D eigenvalue weighted by molar-refractivity contribution is 7.93.